The van der Waals surface area contributed by atoms with Crippen LogP contribution in [0, 0.1) is 12.7 Å². The number of hydrogen-bond acceptors (Lipinski definition) is 6. The van der Waals surface area contributed by atoms with E-state index in [0.717, 1.165) is 24.6 Å². The van der Waals surface area contributed by atoms with Crippen molar-refractivity contribution < 1.29 is 13.9 Å². The molecular weight excluding hydrogens is 361 g/mol. The molecule has 2 aromatic rings. The molecule has 7 nitrogen and oxygen atoms in total. The maximum absolute atomic E-state index is 13.4. The van der Waals surface area contributed by atoms with Gasteiger partial charge in [-0.15, -0.1) is 0 Å². The summed E-state index contributed by atoms with van der Waals surface area (Å²) in [6.45, 7) is 7.44. The van der Waals surface area contributed by atoms with Crippen LogP contribution >= 0.6 is 0 Å². The van der Waals surface area contributed by atoms with Gasteiger partial charge in [0.2, 0.25) is 5.95 Å². The Hall–Kier alpha value is -2.74. The standard InChI is InChI=1S/C20H24FN5O2/c1-15-13-18(24-9-11-28-12-10-24)23-20(22-15)26-7-5-25(6-8-26)19(27)16-3-2-4-17(21)14-16/h2-4,13-14H,5-12H2,1H3. The van der Waals surface area contributed by atoms with Gasteiger partial charge >= 0.3 is 0 Å². The van der Waals surface area contributed by atoms with E-state index in [9.17, 15) is 9.18 Å². The number of halogens is 1. The van der Waals surface area contributed by atoms with Crippen LogP contribution in [0.1, 0.15) is 16.1 Å². The number of nitrogens with zero attached hydrogens (tertiary/aromatic N) is 5. The van der Waals surface area contributed by atoms with Crippen LogP contribution in [-0.4, -0.2) is 73.3 Å². The van der Waals surface area contributed by atoms with Gasteiger partial charge in [0.1, 0.15) is 11.6 Å². The molecule has 0 radical (unpaired) electrons. The lowest BCUT2D eigenvalue weighted by atomic mass is 10.2. The molecule has 28 heavy (non-hydrogen) atoms. The van der Waals surface area contributed by atoms with Gasteiger partial charge in [-0.3, -0.25) is 4.79 Å². The first-order chi connectivity index (χ1) is 13.6. The first-order valence-electron chi connectivity index (χ1n) is 9.58. The average Bonchev–Trinajstić information content (AvgIpc) is 2.73. The van der Waals surface area contributed by atoms with E-state index in [1.54, 1.807) is 17.0 Å². The molecule has 2 aliphatic rings. The molecule has 1 amide bonds. The first kappa shape index (κ1) is 18.6. The quantitative estimate of drug-likeness (QED) is 0.802. The summed E-state index contributed by atoms with van der Waals surface area (Å²) in [5.74, 6) is 1.08. The summed E-state index contributed by atoms with van der Waals surface area (Å²) >= 11 is 0. The van der Waals surface area contributed by atoms with E-state index >= 15 is 0 Å². The second kappa shape index (κ2) is 8.10. The number of anilines is 2. The third-order valence-electron chi connectivity index (χ3n) is 5.09. The monoisotopic (exact) mass is 385 g/mol. The highest BCUT2D eigenvalue weighted by Gasteiger charge is 2.24. The van der Waals surface area contributed by atoms with E-state index in [2.05, 4.69) is 14.8 Å². The lowest BCUT2D eigenvalue weighted by molar-refractivity contribution is 0.0745. The van der Waals surface area contributed by atoms with Crippen molar-refractivity contribution in [2.45, 2.75) is 6.92 Å². The Morgan fingerprint density at radius 1 is 1.00 bits per heavy atom. The number of benzene rings is 1. The average molecular weight is 385 g/mol. The van der Waals surface area contributed by atoms with Crippen molar-refractivity contribution in [3.8, 4) is 0 Å². The zero-order valence-corrected chi connectivity index (χ0v) is 16.0. The molecule has 1 aromatic heterocycles. The lowest BCUT2D eigenvalue weighted by Gasteiger charge is -2.35. The molecule has 0 atom stereocenters. The van der Waals surface area contributed by atoms with Gasteiger partial charge in [0.25, 0.3) is 5.91 Å². The van der Waals surface area contributed by atoms with Gasteiger partial charge in [0.05, 0.1) is 13.2 Å². The fourth-order valence-electron chi connectivity index (χ4n) is 3.55. The van der Waals surface area contributed by atoms with Crippen LogP contribution in [0.3, 0.4) is 0 Å². The first-order valence-corrected chi connectivity index (χ1v) is 9.58. The van der Waals surface area contributed by atoms with Crippen molar-refractivity contribution in [2.24, 2.45) is 0 Å². The topological polar surface area (TPSA) is 61.8 Å². The maximum Gasteiger partial charge on any atom is 0.254 e. The van der Waals surface area contributed by atoms with Crippen LogP contribution in [-0.2, 0) is 4.74 Å². The van der Waals surface area contributed by atoms with E-state index in [1.807, 2.05) is 13.0 Å². The molecule has 4 rings (SSSR count). The van der Waals surface area contributed by atoms with Crippen LogP contribution in [0.25, 0.3) is 0 Å². The molecule has 0 spiro atoms. The molecule has 0 saturated carbocycles. The summed E-state index contributed by atoms with van der Waals surface area (Å²) in [7, 11) is 0. The number of aromatic nitrogens is 2. The summed E-state index contributed by atoms with van der Waals surface area (Å²) in [6.07, 6.45) is 0. The number of morpholine rings is 1. The van der Waals surface area contributed by atoms with Gasteiger partial charge in [-0.2, -0.15) is 4.98 Å². The van der Waals surface area contributed by atoms with E-state index < -0.39 is 5.82 Å². The van der Waals surface area contributed by atoms with Crippen LogP contribution < -0.4 is 9.80 Å². The van der Waals surface area contributed by atoms with Crippen molar-refractivity contribution in [1.29, 1.82) is 0 Å². The molecule has 0 N–H and O–H groups in total. The summed E-state index contributed by atoms with van der Waals surface area (Å²) in [4.78, 5) is 28.0. The minimum atomic E-state index is -0.395. The third kappa shape index (κ3) is 4.06. The molecule has 0 unspecified atom stereocenters. The minimum absolute atomic E-state index is 0.140. The molecule has 0 bridgehead atoms. The number of aryl methyl sites for hydroxylation is 1. The second-order valence-corrected chi connectivity index (χ2v) is 7.06. The summed E-state index contributed by atoms with van der Waals surface area (Å²) < 4.78 is 18.8. The fraction of sp³-hybridized carbons (Fsp3) is 0.450. The smallest absolute Gasteiger partial charge is 0.254 e. The molecule has 3 heterocycles. The molecule has 0 aliphatic carbocycles. The van der Waals surface area contributed by atoms with Crippen LogP contribution in [0.15, 0.2) is 30.3 Å². The van der Waals surface area contributed by atoms with Gasteiger partial charge in [0.15, 0.2) is 0 Å². The second-order valence-electron chi connectivity index (χ2n) is 7.06. The number of hydrogen-bond donors (Lipinski definition) is 0. The molecule has 148 valence electrons. The number of rotatable bonds is 3. The van der Waals surface area contributed by atoms with E-state index in [1.165, 1.54) is 12.1 Å². The molecule has 2 fully saturated rings. The van der Waals surface area contributed by atoms with Gasteiger partial charge in [0, 0.05) is 56.6 Å². The predicted molar refractivity (Wildman–Crippen MR) is 104 cm³/mol. The molecule has 8 heteroatoms. The zero-order chi connectivity index (χ0) is 19.5. The maximum atomic E-state index is 13.4. The Balaban J connectivity index is 1.43. The van der Waals surface area contributed by atoms with Crippen LogP contribution in [0.4, 0.5) is 16.2 Å². The van der Waals surface area contributed by atoms with Gasteiger partial charge in [-0.1, -0.05) is 6.07 Å². The number of carbonyl (C=O) groups excluding carboxylic acids is 1. The SMILES string of the molecule is Cc1cc(N2CCOCC2)nc(N2CCN(C(=O)c3cccc(F)c3)CC2)n1. The summed E-state index contributed by atoms with van der Waals surface area (Å²) in [5.41, 5.74) is 1.31. The predicted octanol–water partition coefficient (Wildman–Crippen LogP) is 1.72. The van der Waals surface area contributed by atoms with Crippen LogP contribution in [0.2, 0.25) is 0 Å². The number of piperazine rings is 1. The van der Waals surface area contributed by atoms with Crippen LogP contribution in [0.5, 0.6) is 0 Å². The van der Waals surface area contributed by atoms with Crippen molar-refractivity contribution in [1.82, 2.24) is 14.9 Å². The summed E-state index contributed by atoms with van der Waals surface area (Å²) in [6, 6.07) is 7.84. The van der Waals surface area contributed by atoms with Crippen molar-refractivity contribution in [2.75, 3.05) is 62.3 Å². The highest BCUT2D eigenvalue weighted by Crippen LogP contribution is 2.20. The van der Waals surface area contributed by atoms with Gasteiger partial charge < -0.3 is 19.4 Å². The largest absolute Gasteiger partial charge is 0.378 e. The number of ether oxygens (including phenoxy) is 1. The molecule has 1 aromatic carbocycles. The Morgan fingerprint density at radius 3 is 2.46 bits per heavy atom. The van der Waals surface area contributed by atoms with Gasteiger partial charge in [-0.05, 0) is 25.1 Å². The lowest BCUT2D eigenvalue weighted by Crippen LogP contribution is -2.49. The zero-order valence-electron chi connectivity index (χ0n) is 16.0. The minimum Gasteiger partial charge on any atom is -0.378 e. The van der Waals surface area contributed by atoms with E-state index in [4.69, 9.17) is 9.72 Å². The number of carbonyl (C=O) groups is 1. The van der Waals surface area contributed by atoms with E-state index in [-0.39, 0.29) is 5.91 Å². The Labute approximate surface area is 163 Å². The normalized spacial score (nSPS) is 17.7. The highest BCUT2D eigenvalue weighted by atomic mass is 19.1. The summed E-state index contributed by atoms with van der Waals surface area (Å²) in [5, 5.41) is 0. The Kier molecular flexibility index (Phi) is 5.38. The third-order valence-corrected chi connectivity index (χ3v) is 5.09. The van der Waals surface area contributed by atoms with Crippen molar-refractivity contribution in [3.63, 3.8) is 0 Å². The number of amides is 1. The van der Waals surface area contributed by atoms with Crippen molar-refractivity contribution >= 4 is 17.7 Å². The Morgan fingerprint density at radius 2 is 1.75 bits per heavy atom. The van der Waals surface area contributed by atoms with Crippen molar-refractivity contribution in [3.05, 3.63) is 47.4 Å². The molecule has 2 aliphatic heterocycles. The highest BCUT2D eigenvalue weighted by molar-refractivity contribution is 5.94. The fourth-order valence-corrected chi connectivity index (χ4v) is 3.55. The van der Waals surface area contributed by atoms with E-state index in [0.29, 0.717) is 50.9 Å². The molecular formula is C20H24FN5O2. The Bertz CT molecular complexity index is 848. The van der Waals surface area contributed by atoms with Gasteiger partial charge in [-0.25, -0.2) is 9.37 Å². The molecule has 2 saturated heterocycles.